The summed E-state index contributed by atoms with van der Waals surface area (Å²) in [5.74, 6) is 0.584. The Hall–Kier alpha value is -3.52. The predicted octanol–water partition coefficient (Wildman–Crippen LogP) is 5.98. The highest BCUT2D eigenvalue weighted by molar-refractivity contribution is 6.30. The van der Waals surface area contributed by atoms with E-state index in [0.29, 0.717) is 41.5 Å². The second kappa shape index (κ2) is 12.3. The van der Waals surface area contributed by atoms with E-state index in [4.69, 9.17) is 21.1 Å². The number of methoxy groups -OCH3 is 1. The van der Waals surface area contributed by atoms with Gasteiger partial charge in [0.15, 0.2) is 5.78 Å². The molecule has 3 heterocycles. The maximum absolute atomic E-state index is 13.1. The maximum atomic E-state index is 13.1. The van der Waals surface area contributed by atoms with Gasteiger partial charge in [-0.1, -0.05) is 41.9 Å². The van der Waals surface area contributed by atoms with Crippen LogP contribution in [0.15, 0.2) is 66.9 Å². The van der Waals surface area contributed by atoms with Crippen molar-refractivity contribution in [3.63, 3.8) is 0 Å². The lowest BCUT2D eigenvalue weighted by Gasteiger charge is -2.38. The van der Waals surface area contributed by atoms with Crippen molar-refractivity contribution in [2.45, 2.75) is 44.1 Å². The molecular weight excluding hydrogens is 528 g/mol. The van der Waals surface area contributed by atoms with E-state index in [9.17, 15) is 14.7 Å². The highest BCUT2D eigenvalue weighted by atomic mass is 35.5. The molecule has 7 nitrogen and oxygen atoms in total. The number of esters is 1. The van der Waals surface area contributed by atoms with Crippen molar-refractivity contribution in [2.75, 3.05) is 26.7 Å². The van der Waals surface area contributed by atoms with Gasteiger partial charge in [-0.05, 0) is 60.7 Å². The normalized spacial score (nSPS) is 17.3. The Bertz CT molecular complexity index is 1410. The number of hydrogen-bond donors (Lipinski definition) is 1. The van der Waals surface area contributed by atoms with Crippen molar-refractivity contribution >= 4 is 28.9 Å². The van der Waals surface area contributed by atoms with Crippen LogP contribution in [0.1, 0.15) is 59.2 Å². The van der Waals surface area contributed by atoms with E-state index in [-0.39, 0.29) is 18.6 Å². The standard InChI is InChI=1S/C32H33ClN2O5/c1-39-30(37)14-13-28(36)26-6-2-8-29-27(26)21-22(25-7-3-17-34-31(25)40-29)5-4-18-35-19-15-32(38,16-20-35)23-9-11-24(33)12-10-23/h2-3,5-12,17,38H,4,13-16,18-21H2,1H3. The average Bonchev–Trinajstić information content (AvgIpc) is 3.13. The first-order valence-electron chi connectivity index (χ1n) is 13.6. The van der Waals surface area contributed by atoms with E-state index < -0.39 is 11.6 Å². The van der Waals surface area contributed by atoms with Crippen LogP contribution in [-0.4, -0.2) is 53.5 Å². The van der Waals surface area contributed by atoms with Gasteiger partial charge in [0.25, 0.3) is 0 Å². The SMILES string of the molecule is COC(=O)CCC(=O)c1cccc2c1CC(=CCCN1CCC(O)(c3ccc(Cl)cc3)CC1)c1cccnc1O2. The van der Waals surface area contributed by atoms with Gasteiger partial charge in [-0.25, -0.2) is 4.98 Å². The minimum atomic E-state index is -0.830. The van der Waals surface area contributed by atoms with Gasteiger partial charge >= 0.3 is 5.97 Å². The molecule has 5 rings (SSSR count). The number of carbonyl (C=O) groups is 2. The number of ketones is 1. The topological polar surface area (TPSA) is 89.0 Å². The van der Waals surface area contributed by atoms with Crippen LogP contribution in [0, 0.1) is 0 Å². The van der Waals surface area contributed by atoms with Crippen LogP contribution in [-0.2, 0) is 21.6 Å². The van der Waals surface area contributed by atoms with Crippen LogP contribution < -0.4 is 4.74 Å². The molecular formula is C32H33ClN2O5. The van der Waals surface area contributed by atoms with Crippen molar-refractivity contribution in [1.29, 1.82) is 0 Å². The van der Waals surface area contributed by atoms with E-state index >= 15 is 0 Å². The zero-order valence-corrected chi connectivity index (χ0v) is 23.3. The summed E-state index contributed by atoms with van der Waals surface area (Å²) in [4.78, 5) is 31.5. The molecule has 0 aliphatic carbocycles. The quantitative estimate of drug-likeness (QED) is 0.268. The highest BCUT2D eigenvalue weighted by Gasteiger charge is 2.33. The summed E-state index contributed by atoms with van der Waals surface area (Å²) in [6.45, 7) is 2.44. The van der Waals surface area contributed by atoms with E-state index in [1.807, 2.05) is 42.5 Å². The Morgan fingerprint density at radius 3 is 2.62 bits per heavy atom. The number of piperidine rings is 1. The van der Waals surface area contributed by atoms with Crippen molar-refractivity contribution < 1.29 is 24.2 Å². The Morgan fingerprint density at radius 1 is 1.10 bits per heavy atom. The van der Waals surface area contributed by atoms with Crippen LogP contribution in [0.3, 0.4) is 0 Å². The molecule has 1 fully saturated rings. The lowest BCUT2D eigenvalue weighted by atomic mass is 9.84. The third-order valence-electron chi connectivity index (χ3n) is 7.81. The number of ether oxygens (including phenoxy) is 2. The first-order valence-corrected chi connectivity index (χ1v) is 14.0. The summed E-state index contributed by atoms with van der Waals surface area (Å²) in [5.41, 5.74) is 3.39. The second-order valence-corrected chi connectivity index (χ2v) is 10.8. The van der Waals surface area contributed by atoms with Crippen LogP contribution >= 0.6 is 11.6 Å². The summed E-state index contributed by atoms with van der Waals surface area (Å²) >= 11 is 6.02. The summed E-state index contributed by atoms with van der Waals surface area (Å²) in [6.07, 6.45) is 6.66. The van der Waals surface area contributed by atoms with E-state index in [1.165, 1.54) is 7.11 Å². The minimum Gasteiger partial charge on any atom is -0.469 e. The number of aromatic nitrogens is 1. The van der Waals surface area contributed by atoms with Crippen molar-refractivity contribution in [3.8, 4) is 11.6 Å². The van der Waals surface area contributed by atoms with E-state index in [2.05, 4.69) is 16.0 Å². The molecule has 1 saturated heterocycles. The van der Waals surface area contributed by atoms with Crippen LogP contribution in [0.2, 0.25) is 5.02 Å². The number of benzene rings is 2. The molecule has 2 aliphatic heterocycles. The van der Waals surface area contributed by atoms with Gasteiger partial charge in [-0.2, -0.15) is 0 Å². The van der Waals surface area contributed by atoms with Gasteiger partial charge in [-0.15, -0.1) is 0 Å². The molecule has 0 unspecified atom stereocenters. The molecule has 2 aromatic carbocycles. The number of halogens is 1. The third-order valence-corrected chi connectivity index (χ3v) is 8.06. The predicted molar refractivity (Wildman–Crippen MR) is 154 cm³/mol. The van der Waals surface area contributed by atoms with Crippen molar-refractivity contribution in [3.05, 3.63) is 94.1 Å². The summed E-state index contributed by atoms with van der Waals surface area (Å²) in [7, 11) is 1.32. The number of carbonyl (C=O) groups excluding carboxylic acids is 2. The Balaban J connectivity index is 1.30. The molecule has 1 aromatic heterocycles. The molecule has 3 aromatic rings. The number of pyridine rings is 1. The molecule has 0 saturated carbocycles. The van der Waals surface area contributed by atoms with Gasteiger partial charge < -0.3 is 19.5 Å². The van der Waals surface area contributed by atoms with Gasteiger partial charge in [0, 0.05) is 60.4 Å². The third kappa shape index (κ3) is 6.28. The highest BCUT2D eigenvalue weighted by Crippen LogP contribution is 2.40. The molecule has 2 aliphatic rings. The van der Waals surface area contributed by atoms with Crippen LogP contribution in [0.25, 0.3) is 5.57 Å². The number of aliphatic hydroxyl groups is 1. The fourth-order valence-electron chi connectivity index (χ4n) is 5.46. The molecule has 0 bridgehead atoms. The number of hydrogen-bond acceptors (Lipinski definition) is 7. The molecule has 208 valence electrons. The summed E-state index contributed by atoms with van der Waals surface area (Å²) < 4.78 is 10.9. The van der Waals surface area contributed by atoms with Gasteiger partial charge in [0.2, 0.25) is 5.88 Å². The van der Waals surface area contributed by atoms with Gasteiger partial charge in [-0.3, -0.25) is 9.59 Å². The largest absolute Gasteiger partial charge is 0.469 e. The van der Waals surface area contributed by atoms with Crippen molar-refractivity contribution in [2.24, 2.45) is 0 Å². The zero-order valence-electron chi connectivity index (χ0n) is 22.6. The first-order chi connectivity index (χ1) is 19.4. The number of rotatable bonds is 8. The number of allylic oxidation sites excluding steroid dienone is 1. The fourth-order valence-corrected chi connectivity index (χ4v) is 5.59. The minimum absolute atomic E-state index is 0.0350. The second-order valence-electron chi connectivity index (χ2n) is 10.3. The molecule has 40 heavy (non-hydrogen) atoms. The maximum Gasteiger partial charge on any atom is 0.305 e. The summed E-state index contributed by atoms with van der Waals surface area (Å²) in [6, 6.07) is 16.8. The molecule has 0 spiro atoms. The zero-order chi connectivity index (χ0) is 28.1. The summed E-state index contributed by atoms with van der Waals surface area (Å²) in [5, 5.41) is 11.9. The Morgan fingerprint density at radius 2 is 1.88 bits per heavy atom. The molecule has 0 atom stereocenters. The van der Waals surface area contributed by atoms with Crippen LogP contribution in [0.5, 0.6) is 11.6 Å². The lowest BCUT2D eigenvalue weighted by molar-refractivity contribution is -0.140. The lowest BCUT2D eigenvalue weighted by Crippen LogP contribution is -2.42. The smallest absolute Gasteiger partial charge is 0.305 e. The number of Topliss-reactive ketones (excluding diaryl/α,β-unsaturated/α-hetero) is 1. The fraction of sp³-hybridized carbons (Fsp3) is 0.344. The molecule has 0 amide bonds. The molecule has 8 heteroatoms. The van der Waals surface area contributed by atoms with Gasteiger partial charge in [0.1, 0.15) is 5.75 Å². The van der Waals surface area contributed by atoms with Gasteiger partial charge in [0.05, 0.1) is 19.1 Å². The number of nitrogens with zero attached hydrogens (tertiary/aromatic N) is 2. The molecule has 0 radical (unpaired) electrons. The van der Waals surface area contributed by atoms with E-state index in [0.717, 1.165) is 48.3 Å². The Labute approximate surface area is 239 Å². The molecule has 1 N–H and O–H groups in total. The van der Waals surface area contributed by atoms with Crippen LogP contribution in [0.4, 0.5) is 0 Å². The van der Waals surface area contributed by atoms with Crippen molar-refractivity contribution in [1.82, 2.24) is 9.88 Å². The number of fused-ring (bicyclic) bond motifs is 2. The number of likely N-dealkylation sites (tertiary alicyclic amines) is 1. The monoisotopic (exact) mass is 560 g/mol. The average molecular weight is 561 g/mol. The first kappa shape index (κ1) is 28.0. The Kier molecular flexibility index (Phi) is 8.64. The van der Waals surface area contributed by atoms with E-state index in [1.54, 1.807) is 18.3 Å².